The second-order valence-electron chi connectivity index (χ2n) is 37.1. The fraction of sp³-hybridized carbons (Fsp3) is 0.930. The van der Waals surface area contributed by atoms with Gasteiger partial charge in [0.2, 0.25) is 23.6 Å². The summed E-state index contributed by atoms with van der Waals surface area (Å²) in [5.41, 5.74) is 0. The van der Waals surface area contributed by atoms with Crippen molar-refractivity contribution in [1.29, 1.82) is 0 Å². The number of carbonyl (C=O) groups excluding carboxylic acids is 4. The van der Waals surface area contributed by atoms with Gasteiger partial charge in [-0.2, -0.15) is 0 Å². The summed E-state index contributed by atoms with van der Waals surface area (Å²) in [5, 5.41) is 316. The minimum atomic E-state index is -2.57. The molecule has 0 aromatic carbocycles. The second-order valence-corrected chi connectivity index (χ2v) is 37.1. The summed E-state index contributed by atoms with van der Waals surface area (Å²) in [5.74, 6) is -3.54. The van der Waals surface area contributed by atoms with Crippen LogP contribution in [-0.2, 0) is 114 Å². The zero-order chi connectivity index (χ0) is 104. The van der Waals surface area contributed by atoms with Crippen LogP contribution in [-0.4, -0.2) is 540 Å². The zero-order valence-electron chi connectivity index (χ0n) is 78.9. The van der Waals surface area contributed by atoms with Gasteiger partial charge >= 0.3 is 0 Å². The van der Waals surface area contributed by atoms with Gasteiger partial charge in [0.15, 0.2) is 62.9 Å². The Balaban J connectivity index is 0.900. The maximum Gasteiger partial charge on any atom is 0.217 e. The summed E-state index contributed by atoms with van der Waals surface area (Å²) < 4.78 is 120. The summed E-state index contributed by atoms with van der Waals surface area (Å²) in [6, 6.07) is -7.19. The number of aliphatic hydroxyl groups excluding tert-OH is 27. The minimum absolute atomic E-state index is 0.538. The fourth-order valence-corrected chi connectivity index (χ4v) is 18.5. The highest BCUT2D eigenvalue weighted by Crippen LogP contribution is 2.42. The van der Waals surface area contributed by atoms with E-state index in [9.17, 15) is 157 Å². The van der Waals surface area contributed by atoms with E-state index in [1.165, 1.54) is 65.4 Å². The number of carbonyl (C=O) groups is 4. The molecule has 10 saturated heterocycles. The first-order valence-electron chi connectivity index (χ1n) is 47.7. The molecular formula is C86H148N4O51. The smallest absolute Gasteiger partial charge is 0.217 e. The van der Waals surface area contributed by atoms with Gasteiger partial charge in [-0.25, -0.2) is 0 Å². The molecule has 0 aromatic rings. The normalized spacial score (nSPS) is 45.1. The third-order valence-corrected chi connectivity index (χ3v) is 26.5. The number of allylic oxidation sites excluding steroid dienone is 1. The van der Waals surface area contributed by atoms with E-state index in [0.29, 0.717) is 6.42 Å². The van der Waals surface area contributed by atoms with Gasteiger partial charge in [-0.15, -0.1) is 0 Å². The van der Waals surface area contributed by atoms with Crippen LogP contribution in [0.15, 0.2) is 12.2 Å². The number of unbranched alkanes of at least 4 members (excludes halogenated alkanes) is 11. The van der Waals surface area contributed by atoms with E-state index in [2.05, 4.69) is 28.2 Å². The number of hydrogen-bond donors (Lipinski definition) is 31. The van der Waals surface area contributed by atoms with Gasteiger partial charge in [0, 0.05) is 27.7 Å². The van der Waals surface area contributed by atoms with Crippen LogP contribution in [0, 0.1) is 0 Å². The minimum Gasteiger partial charge on any atom is -0.394 e. The van der Waals surface area contributed by atoms with E-state index in [0.717, 1.165) is 52.9 Å². The van der Waals surface area contributed by atoms with Crippen LogP contribution < -0.4 is 21.3 Å². The highest BCUT2D eigenvalue weighted by Gasteiger charge is 2.62. The quantitative estimate of drug-likeness (QED) is 0.0199. The van der Waals surface area contributed by atoms with Gasteiger partial charge in [-0.1, -0.05) is 83.3 Å². The number of amides is 4. The monoisotopic (exact) mass is 2050 g/mol. The summed E-state index contributed by atoms with van der Waals surface area (Å²) in [6.07, 6.45) is -80.9. The van der Waals surface area contributed by atoms with Gasteiger partial charge in [0.05, 0.1) is 83.8 Å². The lowest BCUT2D eigenvalue weighted by Crippen LogP contribution is -2.71. The molecule has 0 spiro atoms. The predicted molar refractivity (Wildman–Crippen MR) is 459 cm³/mol. The molecule has 55 heteroatoms. The van der Waals surface area contributed by atoms with Crippen molar-refractivity contribution in [2.75, 3.05) is 59.5 Å². The molecule has 10 heterocycles. The Morgan fingerprint density at radius 3 is 0.972 bits per heavy atom. The summed E-state index contributed by atoms with van der Waals surface area (Å²) in [4.78, 5) is 52.3. The van der Waals surface area contributed by atoms with E-state index in [4.69, 9.17) is 94.7 Å². The average molecular weight is 2050 g/mol. The molecule has 0 aromatic heterocycles. The van der Waals surface area contributed by atoms with Crippen molar-refractivity contribution in [3.05, 3.63) is 12.2 Å². The Morgan fingerprint density at radius 2 is 0.582 bits per heavy atom. The van der Waals surface area contributed by atoms with Gasteiger partial charge in [0.25, 0.3) is 0 Å². The van der Waals surface area contributed by atoms with Gasteiger partial charge in [-0.05, 0) is 26.7 Å². The van der Waals surface area contributed by atoms with Crippen molar-refractivity contribution in [3.63, 3.8) is 0 Å². The van der Waals surface area contributed by atoms with Crippen molar-refractivity contribution in [2.24, 2.45) is 0 Å². The highest BCUT2D eigenvalue weighted by atomic mass is 16.8. The topological polar surface area (TPSA) is 847 Å². The molecule has 52 atom stereocenters. The third kappa shape index (κ3) is 29.5. The number of hydrogen-bond acceptors (Lipinski definition) is 51. The number of ether oxygens (including phenoxy) is 20. The molecule has 0 bridgehead atoms. The lowest BCUT2D eigenvalue weighted by atomic mass is 9.93. The van der Waals surface area contributed by atoms with Crippen molar-refractivity contribution in [3.8, 4) is 0 Å². The van der Waals surface area contributed by atoms with Crippen LogP contribution in [0.4, 0.5) is 0 Å². The number of aliphatic hydroxyl groups is 27. The van der Waals surface area contributed by atoms with E-state index in [1.807, 2.05) is 0 Å². The van der Waals surface area contributed by atoms with Crippen LogP contribution in [0.5, 0.6) is 0 Å². The fourth-order valence-electron chi connectivity index (χ4n) is 18.5. The Kier molecular flexibility index (Phi) is 46.7. The average Bonchev–Trinajstić information content (AvgIpc) is 0.757. The van der Waals surface area contributed by atoms with Crippen molar-refractivity contribution in [1.82, 2.24) is 21.3 Å². The Hall–Kier alpha value is -4.26. The first kappa shape index (κ1) is 119. The molecule has 4 amide bonds. The second kappa shape index (κ2) is 55.5. The maximum absolute atomic E-state index is 13.4. The van der Waals surface area contributed by atoms with Crippen LogP contribution in [0.1, 0.15) is 126 Å². The van der Waals surface area contributed by atoms with E-state index >= 15 is 0 Å². The predicted octanol–water partition coefficient (Wildman–Crippen LogP) is -15.2. The van der Waals surface area contributed by atoms with Gasteiger partial charge < -0.3 is 254 Å². The zero-order valence-corrected chi connectivity index (χ0v) is 78.9. The van der Waals surface area contributed by atoms with E-state index in [1.54, 1.807) is 6.08 Å². The van der Waals surface area contributed by atoms with Crippen LogP contribution >= 0.6 is 0 Å². The van der Waals surface area contributed by atoms with Crippen LogP contribution in [0.3, 0.4) is 0 Å². The Labute approximate surface area is 810 Å². The van der Waals surface area contributed by atoms with Crippen molar-refractivity contribution >= 4 is 23.6 Å². The van der Waals surface area contributed by atoms with Gasteiger partial charge in [-0.3, -0.25) is 19.2 Å². The number of nitrogens with one attached hydrogen (secondary N) is 4. The first-order chi connectivity index (χ1) is 67.0. The van der Waals surface area contributed by atoms with Crippen LogP contribution in [0.25, 0.3) is 0 Å². The Bertz CT molecular complexity index is 3740. The molecule has 818 valence electrons. The molecule has 10 rings (SSSR count). The summed E-state index contributed by atoms with van der Waals surface area (Å²) in [6.45, 7) is -0.901. The molecule has 0 aliphatic carbocycles. The molecule has 31 N–H and O–H groups in total. The van der Waals surface area contributed by atoms with Crippen molar-refractivity contribution in [2.45, 2.75) is 445 Å². The first-order valence-corrected chi connectivity index (χ1v) is 47.7. The standard InChI is InChI=1S/C86H148N4O51/c1-8-9-10-11-12-13-14-15-16-17-18-19-20-21-38(102)37(87-33(4)98)29-122-80-66(119)63(116)72(45(28-97)132-80)135-83-67(120)73(54(107)41(24-93)126-83)138-78-48(89-35(6)100)57(110)69(43(26-95)130-78)134-84-68(121)74(139-79-49(90-36(7)101)58(111)71(44(27-96)131-79)137-86-76(62(115)53(106)40(23-92)128-86)141-82-65(118)60(113)51(104)32(3)125-82)55(108)46(133-84)30-123-77-47(88-34(5)99)56(109)70(42(25-94)129-77)136-85-75(61(114)52(105)39(22-91)127-85)140-81-64(117)59(112)50(103)31(2)124-81/h20-21,31-32,37-86,91-97,102-121H,8-19,22-30H2,1-7H3,(H,87,98)(H,88,99)(H,89,100)(H,90,101)/b21-20+/t31-,32-,37-,38+,39+,40+,41+,42+,43+,44+,45+,46+,47+,48+,49+,50+,51+,52-,53-,54-,55-,56+,57+,58+,59+,60+,61-,62-,63+,64-,65-,66+,67+,68+,69+,70+,71+,72+,73-,74-,75+,76+,77+,78-,79-,80+,81-,82-,83-,84-,85-,86-/m0/s1. The molecule has 55 nitrogen and oxygen atoms in total. The Morgan fingerprint density at radius 1 is 0.284 bits per heavy atom. The molecule has 10 aliphatic heterocycles. The van der Waals surface area contributed by atoms with Crippen LogP contribution in [0.2, 0.25) is 0 Å². The molecule has 141 heavy (non-hydrogen) atoms. The lowest BCUT2D eigenvalue weighted by molar-refractivity contribution is -0.395. The largest absolute Gasteiger partial charge is 0.394 e. The van der Waals surface area contributed by atoms with E-state index < -0.39 is 402 Å². The molecule has 0 radical (unpaired) electrons. The molecular weight excluding hydrogens is 1900 g/mol. The third-order valence-electron chi connectivity index (χ3n) is 26.5. The maximum atomic E-state index is 13.4. The summed E-state index contributed by atoms with van der Waals surface area (Å²) >= 11 is 0. The lowest BCUT2D eigenvalue weighted by Gasteiger charge is -2.51. The summed E-state index contributed by atoms with van der Waals surface area (Å²) in [7, 11) is 0. The molecule has 10 aliphatic rings. The highest BCUT2D eigenvalue weighted by molar-refractivity contribution is 5.74. The molecule has 0 unspecified atom stereocenters. The van der Waals surface area contributed by atoms with Gasteiger partial charge in [0.1, 0.15) is 232 Å². The molecule has 10 fully saturated rings. The molecule has 0 saturated carbocycles. The number of rotatable bonds is 47. The van der Waals surface area contributed by atoms with Crippen molar-refractivity contribution < 1.29 is 252 Å². The SMILES string of the molecule is CCCCCCCCCCCCC/C=C/[C@@H](O)[C@H](CO[C@@H]1O[C@H](CO)[C@@H](O[C@@H]2O[C@H](CO)[C@H](O)[C@H](O[C@@H]3O[C@H](CO)[C@@H](O[C@@H]4O[C@H](CO[C@@H]5O[C@H](CO)[C@@H](O[C@@H]6O[C@H](CO)[C@H](O)[C@H](O)[C@H]6O[C@@H]6O[C@@H](C)[C@@H](O)[C@@H](O)[C@@H]6O)[C@H](O)[C@H]5NC(C)=O)[C@H](O)[C@H](O[C@@H]5O[C@H](CO)[C@@H](O[C@@H]6O[C@H](CO)[C@H](O)[C@H](O)[C@H]6O[C@@H]6O[C@@H](C)[C@@H](O)[C@@H](O)[C@@H]6O)[C@H](O)[C@H]5NC(C)=O)[C@H]4O)[C@H](O)[C@H]3NC(C)=O)[C@H]2O)[C@H](O)[C@H]1O)NC(C)=O. The van der Waals surface area contributed by atoms with E-state index in [-0.39, 0.29) is 0 Å².